The fourth-order valence-electron chi connectivity index (χ4n) is 3.06. The molecule has 0 fully saturated rings. The van der Waals surface area contributed by atoms with Crippen molar-refractivity contribution in [3.8, 4) is 0 Å². The largest absolute Gasteiger partial charge is 0.395 e. The number of rotatable bonds is 4. The van der Waals surface area contributed by atoms with Crippen LogP contribution in [0.5, 0.6) is 0 Å². The summed E-state index contributed by atoms with van der Waals surface area (Å²) < 4.78 is 0. The number of aryl methyl sites for hydroxylation is 1. The Hall–Kier alpha value is -2.33. The SMILES string of the molecule is CN(CCO)C(=O)c1ccc(N2CCCc3ccccc32)cc1. The van der Waals surface area contributed by atoms with Gasteiger partial charge in [0.1, 0.15) is 0 Å². The summed E-state index contributed by atoms with van der Waals surface area (Å²) >= 11 is 0. The molecule has 0 unspecified atom stereocenters. The summed E-state index contributed by atoms with van der Waals surface area (Å²) in [6.45, 7) is 1.32. The maximum Gasteiger partial charge on any atom is 0.253 e. The second kappa shape index (κ2) is 6.84. The van der Waals surface area contributed by atoms with E-state index in [0.717, 1.165) is 25.1 Å². The highest BCUT2D eigenvalue weighted by Crippen LogP contribution is 2.33. The van der Waals surface area contributed by atoms with E-state index in [4.69, 9.17) is 5.11 Å². The number of para-hydroxylation sites is 1. The summed E-state index contributed by atoms with van der Waals surface area (Å²) in [5.74, 6) is -0.0651. The molecule has 120 valence electrons. The summed E-state index contributed by atoms with van der Waals surface area (Å²) in [6.07, 6.45) is 2.26. The van der Waals surface area contributed by atoms with Crippen molar-refractivity contribution >= 4 is 17.3 Å². The van der Waals surface area contributed by atoms with Crippen LogP contribution in [-0.4, -0.2) is 42.7 Å². The number of aliphatic hydroxyl groups excluding tert-OH is 1. The van der Waals surface area contributed by atoms with Gasteiger partial charge in [0.15, 0.2) is 0 Å². The first-order chi connectivity index (χ1) is 11.2. The van der Waals surface area contributed by atoms with Crippen molar-refractivity contribution in [1.29, 1.82) is 0 Å². The monoisotopic (exact) mass is 310 g/mol. The van der Waals surface area contributed by atoms with Gasteiger partial charge in [-0.05, 0) is 48.7 Å². The summed E-state index contributed by atoms with van der Waals surface area (Å²) in [5.41, 5.74) is 4.39. The van der Waals surface area contributed by atoms with Crippen molar-refractivity contribution in [1.82, 2.24) is 4.90 Å². The first-order valence-corrected chi connectivity index (χ1v) is 8.02. The zero-order valence-electron chi connectivity index (χ0n) is 13.4. The average molecular weight is 310 g/mol. The third-order valence-electron chi connectivity index (χ3n) is 4.32. The third kappa shape index (κ3) is 3.22. The standard InChI is InChI=1S/C19H22N2O2/c1-20(13-14-22)19(23)16-8-10-17(11-9-16)21-12-4-6-15-5-2-3-7-18(15)21/h2-3,5,7-11,22H,4,6,12-14H2,1H3. The predicted octanol–water partition coefficient (Wildman–Crippen LogP) is 2.84. The summed E-state index contributed by atoms with van der Waals surface area (Å²) in [4.78, 5) is 16.1. The van der Waals surface area contributed by atoms with Gasteiger partial charge in [-0.1, -0.05) is 18.2 Å². The number of carbonyl (C=O) groups is 1. The van der Waals surface area contributed by atoms with Crippen LogP contribution in [0, 0.1) is 0 Å². The van der Waals surface area contributed by atoms with Crippen LogP contribution in [-0.2, 0) is 6.42 Å². The Morgan fingerprint density at radius 3 is 2.65 bits per heavy atom. The van der Waals surface area contributed by atoms with Gasteiger partial charge in [0.05, 0.1) is 6.61 Å². The van der Waals surface area contributed by atoms with Gasteiger partial charge < -0.3 is 14.9 Å². The topological polar surface area (TPSA) is 43.8 Å². The molecule has 3 rings (SSSR count). The molecule has 0 radical (unpaired) electrons. The van der Waals surface area contributed by atoms with Crippen LogP contribution < -0.4 is 4.90 Å². The van der Waals surface area contributed by atoms with Crippen molar-refractivity contribution in [3.63, 3.8) is 0 Å². The molecule has 1 aliphatic rings. The van der Waals surface area contributed by atoms with Gasteiger partial charge in [0.25, 0.3) is 5.91 Å². The van der Waals surface area contributed by atoms with Crippen LogP contribution in [0.2, 0.25) is 0 Å². The average Bonchev–Trinajstić information content (AvgIpc) is 2.61. The first-order valence-electron chi connectivity index (χ1n) is 8.02. The van der Waals surface area contributed by atoms with Gasteiger partial charge in [0.2, 0.25) is 0 Å². The summed E-state index contributed by atoms with van der Waals surface area (Å²) in [6, 6.07) is 16.2. The van der Waals surface area contributed by atoms with Gasteiger partial charge in [-0.3, -0.25) is 4.79 Å². The molecule has 2 aromatic carbocycles. The van der Waals surface area contributed by atoms with Gasteiger partial charge >= 0.3 is 0 Å². The van der Waals surface area contributed by atoms with Crippen LogP contribution in [0.15, 0.2) is 48.5 Å². The lowest BCUT2D eigenvalue weighted by Gasteiger charge is -2.31. The zero-order chi connectivity index (χ0) is 16.2. The van der Waals surface area contributed by atoms with Crippen LogP contribution in [0.4, 0.5) is 11.4 Å². The normalized spacial score (nSPS) is 13.6. The molecule has 23 heavy (non-hydrogen) atoms. The van der Waals surface area contributed by atoms with Crippen molar-refractivity contribution in [2.45, 2.75) is 12.8 Å². The number of anilines is 2. The van der Waals surface area contributed by atoms with Crippen molar-refractivity contribution in [2.24, 2.45) is 0 Å². The molecule has 1 amide bonds. The highest BCUT2D eigenvalue weighted by molar-refractivity contribution is 5.94. The second-order valence-corrected chi connectivity index (χ2v) is 5.88. The molecule has 1 heterocycles. The maximum absolute atomic E-state index is 12.2. The van der Waals surface area contributed by atoms with Gasteiger partial charge in [-0.2, -0.15) is 0 Å². The van der Waals surface area contributed by atoms with E-state index in [1.807, 2.05) is 24.3 Å². The molecule has 1 aliphatic heterocycles. The minimum atomic E-state index is -0.0651. The Kier molecular flexibility index (Phi) is 4.63. The van der Waals surface area contributed by atoms with Crippen LogP contribution in [0.25, 0.3) is 0 Å². The number of nitrogens with zero attached hydrogens (tertiary/aromatic N) is 2. The summed E-state index contributed by atoms with van der Waals surface area (Å²) in [5, 5.41) is 8.94. The van der Waals surface area contributed by atoms with Crippen LogP contribution in [0.1, 0.15) is 22.3 Å². The van der Waals surface area contributed by atoms with E-state index in [-0.39, 0.29) is 12.5 Å². The van der Waals surface area contributed by atoms with Crippen LogP contribution in [0.3, 0.4) is 0 Å². The Morgan fingerprint density at radius 1 is 1.17 bits per heavy atom. The summed E-state index contributed by atoms with van der Waals surface area (Å²) in [7, 11) is 1.70. The second-order valence-electron chi connectivity index (χ2n) is 5.88. The Labute approximate surface area is 137 Å². The van der Waals surface area contributed by atoms with Gasteiger partial charge in [0, 0.05) is 37.1 Å². The number of hydrogen-bond acceptors (Lipinski definition) is 3. The molecule has 0 aromatic heterocycles. The lowest BCUT2D eigenvalue weighted by Crippen LogP contribution is -2.29. The lowest BCUT2D eigenvalue weighted by atomic mass is 10.0. The predicted molar refractivity (Wildman–Crippen MR) is 92.3 cm³/mol. The highest BCUT2D eigenvalue weighted by Gasteiger charge is 2.18. The van der Waals surface area contributed by atoms with E-state index < -0.39 is 0 Å². The fraction of sp³-hybridized carbons (Fsp3) is 0.316. The van der Waals surface area contributed by atoms with E-state index in [1.165, 1.54) is 16.2 Å². The molecular formula is C19H22N2O2. The molecule has 1 N–H and O–H groups in total. The number of carbonyl (C=O) groups excluding carboxylic acids is 1. The molecule has 4 nitrogen and oxygen atoms in total. The molecule has 0 aliphatic carbocycles. The minimum absolute atomic E-state index is 0.0229. The number of fused-ring (bicyclic) bond motifs is 1. The number of likely N-dealkylation sites (N-methyl/N-ethyl adjacent to an activating group) is 1. The number of amides is 1. The Balaban J connectivity index is 1.82. The Morgan fingerprint density at radius 2 is 1.91 bits per heavy atom. The number of benzene rings is 2. The third-order valence-corrected chi connectivity index (χ3v) is 4.32. The first kappa shape index (κ1) is 15.6. The van der Waals surface area contributed by atoms with E-state index >= 15 is 0 Å². The molecule has 0 atom stereocenters. The van der Waals surface area contributed by atoms with E-state index in [2.05, 4.69) is 29.2 Å². The van der Waals surface area contributed by atoms with E-state index in [0.29, 0.717) is 12.1 Å². The quantitative estimate of drug-likeness (QED) is 0.944. The van der Waals surface area contributed by atoms with Gasteiger partial charge in [-0.25, -0.2) is 0 Å². The number of aliphatic hydroxyl groups is 1. The molecular weight excluding hydrogens is 288 g/mol. The lowest BCUT2D eigenvalue weighted by molar-refractivity contribution is 0.0767. The van der Waals surface area contributed by atoms with Crippen molar-refractivity contribution in [3.05, 3.63) is 59.7 Å². The molecule has 0 spiro atoms. The molecule has 0 saturated carbocycles. The smallest absolute Gasteiger partial charge is 0.253 e. The molecule has 0 saturated heterocycles. The molecule has 2 aromatic rings. The zero-order valence-corrected chi connectivity index (χ0v) is 13.4. The minimum Gasteiger partial charge on any atom is -0.395 e. The molecule has 4 heteroatoms. The van der Waals surface area contributed by atoms with Crippen molar-refractivity contribution in [2.75, 3.05) is 31.6 Å². The van der Waals surface area contributed by atoms with Crippen molar-refractivity contribution < 1.29 is 9.90 Å². The van der Waals surface area contributed by atoms with E-state index in [1.54, 1.807) is 7.05 Å². The van der Waals surface area contributed by atoms with Gasteiger partial charge in [-0.15, -0.1) is 0 Å². The Bertz CT molecular complexity index is 682. The highest BCUT2D eigenvalue weighted by atomic mass is 16.3. The van der Waals surface area contributed by atoms with Crippen LogP contribution >= 0.6 is 0 Å². The number of hydrogen-bond donors (Lipinski definition) is 1. The maximum atomic E-state index is 12.2. The van der Waals surface area contributed by atoms with E-state index in [9.17, 15) is 4.79 Å². The fourth-order valence-corrected chi connectivity index (χ4v) is 3.06. The molecule has 0 bridgehead atoms.